The van der Waals surface area contributed by atoms with Gasteiger partial charge in [0.1, 0.15) is 0 Å². The van der Waals surface area contributed by atoms with Crippen LogP contribution in [0.3, 0.4) is 0 Å². The van der Waals surface area contributed by atoms with E-state index in [0.717, 1.165) is 5.56 Å². The molecule has 0 saturated heterocycles. The van der Waals surface area contributed by atoms with Gasteiger partial charge in [-0.05, 0) is 29.0 Å². The van der Waals surface area contributed by atoms with Crippen molar-refractivity contribution in [2.45, 2.75) is 38.5 Å². The summed E-state index contributed by atoms with van der Waals surface area (Å²) in [5.41, 5.74) is 5.05. The highest BCUT2D eigenvalue weighted by molar-refractivity contribution is 6.22. The normalized spacial score (nSPS) is 13.3. The van der Waals surface area contributed by atoms with Gasteiger partial charge in [-0.2, -0.15) is 0 Å². The van der Waals surface area contributed by atoms with E-state index >= 15 is 0 Å². The molecule has 0 N–H and O–H groups in total. The molecule has 2 rings (SSSR count). The van der Waals surface area contributed by atoms with E-state index in [4.69, 9.17) is 11.6 Å². The van der Waals surface area contributed by atoms with Gasteiger partial charge in [0.25, 0.3) is 0 Å². The lowest BCUT2D eigenvalue weighted by molar-refractivity contribution is 0.583. The molecule has 0 aliphatic carbocycles. The predicted octanol–water partition coefficient (Wildman–Crippen LogP) is 5.62. The second-order valence-corrected chi connectivity index (χ2v) is 6.55. The van der Waals surface area contributed by atoms with E-state index < -0.39 is 0 Å². The smallest absolute Gasteiger partial charge is 0.0838 e. The number of hydrogen-bond donors (Lipinski definition) is 0. The van der Waals surface area contributed by atoms with Crippen LogP contribution >= 0.6 is 11.6 Å². The highest BCUT2D eigenvalue weighted by Crippen LogP contribution is 2.36. The van der Waals surface area contributed by atoms with Gasteiger partial charge in [-0.25, -0.2) is 0 Å². The summed E-state index contributed by atoms with van der Waals surface area (Å²) in [5.74, 6) is 0. The van der Waals surface area contributed by atoms with Crippen LogP contribution in [0.5, 0.6) is 0 Å². The zero-order valence-corrected chi connectivity index (χ0v) is 12.8. The standard InChI is InChI=1S/C18H21Cl/c1-13-9-11-14(12-10-13)17(19)15-7-5-6-8-16(15)18(2,3)4/h5-12,17H,1-4H3. The summed E-state index contributed by atoms with van der Waals surface area (Å²) in [6, 6.07) is 16.9. The fraction of sp³-hybridized carbons (Fsp3) is 0.333. The van der Waals surface area contributed by atoms with Gasteiger partial charge >= 0.3 is 0 Å². The molecule has 0 heterocycles. The number of rotatable bonds is 2. The molecule has 0 aliphatic rings. The van der Waals surface area contributed by atoms with Crippen LogP contribution in [-0.2, 0) is 5.41 Å². The molecule has 0 spiro atoms. The first-order valence-corrected chi connectivity index (χ1v) is 7.13. The SMILES string of the molecule is Cc1ccc(C(Cl)c2ccccc2C(C)(C)C)cc1. The Morgan fingerprint density at radius 3 is 2.05 bits per heavy atom. The van der Waals surface area contributed by atoms with Gasteiger partial charge in [0, 0.05) is 0 Å². The van der Waals surface area contributed by atoms with Crippen LogP contribution in [-0.4, -0.2) is 0 Å². The second-order valence-electron chi connectivity index (χ2n) is 6.11. The van der Waals surface area contributed by atoms with Crippen LogP contribution in [0.2, 0.25) is 0 Å². The zero-order valence-electron chi connectivity index (χ0n) is 12.1. The Labute approximate surface area is 121 Å². The topological polar surface area (TPSA) is 0 Å². The van der Waals surface area contributed by atoms with Crippen molar-refractivity contribution in [1.29, 1.82) is 0 Å². The Bertz CT molecular complexity index is 547. The number of aryl methyl sites for hydroxylation is 1. The first kappa shape index (κ1) is 14.1. The molecule has 19 heavy (non-hydrogen) atoms. The molecule has 1 unspecified atom stereocenters. The average molecular weight is 273 g/mol. The molecule has 1 heteroatoms. The van der Waals surface area contributed by atoms with Crippen LogP contribution < -0.4 is 0 Å². The quantitative estimate of drug-likeness (QED) is 0.623. The minimum absolute atomic E-state index is 0.0870. The van der Waals surface area contributed by atoms with Crippen molar-refractivity contribution in [1.82, 2.24) is 0 Å². The van der Waals surface area contributed by atoms with Crippen LogP contribution in [0, 0.1) is 6.92 Å². The first-order valence-electron chi connectivity index (χ1n) is 6.69. The Balaban J connectivity index is 2.44. The van der Waals surface area contributed by atoms with E-state index in [1.54, 1.807) is 0 Å². The van der Waals surface area contributed by atoms with Gasteiger partial charge in [-0.1, -0.05) is 74.9 Å². The third-order valence-electron chi connectivity index (χ3n) is 3.41. The Morgan fingerprint density at radius 1 is 0.895 bits per heavy atom. The van der Waals surface area contributed by atoms with Crippen LogP contribution in [0.1, 0.15) is 48.4 Å². The van der Waals surface area contributed by atoms with E-state index in [1.807, 2.05) is 0 Å². The highest BCUT2D eigenvalue weighted by atomic mass is 35.5. The third kappa shape index (κ3) is 3.19. The monoisotopic (exact) mass is 272 g/mol. The number of alkyl halides is 1. The summed E-state index contributed by atoms with van der Waals surface area (Å²) in [4.78, 5) is 0. The summed E-state index contributed by atoms with van der Waals surface area (Å²) in [6.07, 6.45) is 0. The van der Waals surface area contributed by atoms with Crippen molar-refractivity contribution in [3.8, 4) is 0 Å². The van der Waals surface area contributed by atoms with Crippen LogP contribution in [0.15, 0.2) is 48.5 Å². The molecular weight excluding hydrogens is 252 g/mol. The van der Waals surface area contributed by atoms with Crippen molar-refractivity contribution in [2.75, 3.05) is 0 Å². The average Bonchev–Trinajstić information content (AvgIpc) is 2.38. The highest BCUT2D eigenvalue weighted by Gasteiger charge is 2.22. The zero-order chi connectivity index (χ0) is 14.0. The summed E-state index contributed by atoms with van der Waals surface area (Å²) in [6.45, 7) is 8.77. The number of benzene rings is 2. The van der Waals surface area contributed by atoms with Gasteiger partial charge in [0.15, 0.2) is 0 Å². The molecule has 0 radical (unpaired) electrons. The van der Waals surface area contributed by atoms with E-state index in [9.17, 15) is 0 Å². The molecule has 1 atom stereocenters. The summed E-state index contributed by atoms with van der Waals surface area (Å²) in [5, 5.41) is -0.0870. The van der Waals surface area contributed by atoms with Gasteiger partial charge in [-0.3, -0.25) is 0 Å². The maximum absolute atomic E-state index is 6.70. The molecule has 2 aromatic carbocycles. The molecule has 0 saturated carbocycles. The minimum atomic E-state index is -0.0870. The minimum Gasteiger partial charge on any atom is -0.113 e. The predicted molar refractivity (Wildman–Crippen MR) is 84.0 cm³/mol. The van der Waals surface area contributed by atoms with E-state index in [1.165, 1.54) is 16.7 Å². The van der Waals surface area contributed by atoms with Gasteiger partial charge in [0.2, 0.25) is 0 Å². The fourth-order valence-corrected chi connectivity index (χ4v) is 2.65. The molecule has 0 bridgehead atoms. The molecular formula is C18H21Cl. The number of halogens is 1. The number of hydrogen-bond acceptors (Lipinski definition) is 0. The Kier molecular flexibility index (Phi) is 4.01. The van der Waals surface area contributed by atoms with E-state index in [0.29, 0.717) is 0 Å². The molecule has 0 fully saturated rings. The van der Waals surface area contributed by atoms with Crippen molar-refractivity contribution >= 4 is 11.6 Å². The lowest BCUT2D eigenvalue weighted by atomic mass is 9.82. The van der Waals surface area contributed by atoms with Gasteiger partial charge in [-0.15, -0.1) is 11.6 Å². The Morgan fingerprint density at radius 2 is 1.47 bits per heavy atom. The largest absolute Gasteiger partial charge is 0.113 e. The maximum Gasteiger partial charge on any atom is 0.0838 e. The van der Waals surface area contributed by atoms with E-state index in [2.05, 4.69) is 76.2 Å². The van der Waals surface area contributed by atoms with Crippen molar-refractivity contribution in [2.24, 2.45) is 0 Å². The third-order valence-corrected chi connectivity index (χ3v) is 3.90. The van der Waals surface area contributed by atoms with Crippen LogP contribution in [0.4, 0.5) is 0 Å². The molecule has 100 valence electrons. The molecule has 2 aromatic rings. The Hall–Kier alpha value is -1.27. The molecule has 0 aliphatic heterocycles. The van der Waals surface area contributed by atoms with Crippen LogP contribution in [0.25, 0.3) is 0 Å². The lowest BCUT2D eigenvalue weighted by Gasteiger charge is -2.25. The summed E-state index contributed by atoms with van der Waals surface area (Å²) >= 11 is 6.70. The summed E-state index contributed by atoms with van der Waals surface area (Å²) < 4.78 is 0. The van der Waals surface area contributed by atoms with Crippen molar-refractivity contribution in [3.63, 3.8) is 0 Å². The molecule has 0 amide bonds. The fourth-order valence-electron chi connectivity index (χ4n) is 2.32. The van der Waals surface area contributed by atoms with Crippen molar-refractivity contribution < 1.29 is 0 Å². The molecule has 0 aromatic heterocycles. The second kappa shape index (κ2) is 5.38. The summed E-state index contributed by atoms with van der Waals surface area (Å²) in [7, 11) is 0. The van der Waals surface area contributed by atoms with E-state index in [-0.39, 0.29) is 10.8 Å². The first-order chi connectivity index (χ1) is 8.89. The van der Waals surface area contributed by atoms with Gasteiger partial charge < -0.3 is 0 Å². The maximum atomic E-state index is 6.70. The van der Waals surface area contributed by atoms with Crippen molar-refractivity contribution in [3.05, 3.63) is 70.8 Å². The van der Waals surface area contributed by atoms with Gasteiger partial charge in [0.05, 0.1) is 5.38 Å². The molecule has 0 nitrogen and oxygen atoms in total. The lowest BCUT2D eigenvalue weighted by Crippen LogP contribution is -2.15.